The maximum absolute atomic E-state index is 11.1. The van der Waals surface area contributed by atoms with Gasteiger partial charge in [-0.1, -0.05) is 30.3 Å². The predicted octanol–water partition coefficient (Wildman–Crippen LogP) is 2.14. The molecule has 0 bridgehead atoms. The third kappa shape index (κ3) is 2.60. The largest absolute Gasteiger partial charge is 0.506 e. The van der Waals surface area contributed by atoms with Gasteiger partial charge in [-0.05, 0) is 17.7 Å². The second kappa shape index (κ2) is 5.23. The van der Waals surface area contributed by atoms with Crippen molar-refractivity contribution in [3.05, 3.63) is 54.1 Å². The Hall–Kier alpha value is -2.49. The van der Waals surface area contributed by atoms with Crippen LogP contribution in [0.25, 0.3) is 0 Å². The molecule has 0 atom stereocenters. The first-order chi connectivity index (χ1) is 8.70. The number of benzene rings is 2. The highest BCUT2D eigenvalue weighted by Gasteiger charge is 2.08. The molecule has 0 aliphatic heterocycles. The van der Waals surface area contributed by atoms with Crippen LogP contribution in [0.4, 0.5) is 11.4 Å². The number of nitrogen functional groups attached to an aromatic ring is 1. The number of anilines is 2. The summed E-state index contributed by atoms with van der Waals surface area (Å²) in [5.41, 5.74) is 7.45. The molecule has 0 aromatic heterocycles. The van der Waals surface area contributed by atoms with Crippen LogP contribution in [-0.4, -0.2) is 11.5 Å². The smallest absolute Gasteiger partial charge is 0.214 e. The zero-order valence-corrected chi connectivity index (χ0v) is 9.78. The van der Waals surface area contributed by atoms with Crippen LogP contribution in [0.2, 0.25) is 0 Å². The zero-order chi connectivity index (χ0) is 13.0. The van der Waals surface area contributed by atoms with E-state index in [9.17, 15) is 9.90 Å². The monoisotopic (exact) mass is 242 g/mol. The van der Waals surface area contributed by atoms with Crippen molar-refractivity contribution in [3.63, 3.8) is 0 Å². The van der Waals surface area contributed by atoms with Crippen molar-refractivity contribution in [1.82, 2.24) is 0 Å². The number of phenolic OH excluding ortho intramolecular Hbond substituents is 1. The number of phenols is 1. The molecular weight excluding hydrogens is 228 g/mol. The number of carbonyl (C=O) groups is 1. The van der Waals surface area contributed by atoms with Gasteiger partial charge in [0.25, 0.3) is 0 Å². The van der Waals surface area contributed by atoms with Crippen molar-refractivity contribution in [3.8, 4) is 5.75 Å². The fraction of sp³-hybridized carbons (Fsp3) is 0.0714. The molecule has 92 valence electrons. The summed E-state index contributed by atoms with van der Waals surface area (Å²) >= 11 is 0. The van der Waals surface area contributed by atoms with Crippen LogP contribution in [0.15, 0.2) is 48.5 Å². The summed E-state index contributed by atoms with van der Waals surface area (Å²) in [6, 6.07) is 14.4. The van der Waals surface area contributed by atoms with E-state index in [4.69, 9.17) is 5.73 Å². The number of nitrogens with two attached hydrogens (primary N) is 1. The van der Waals surface area contributed by atoms with Crippen molar-refractivity contribution in [1.29, 1.82) is 0 Å². The average molecular weight is 242 g/mol. The lowest BCUT2D eigenvalue weighted by atomic mass is 10.2. The summed E-state index contributed by atoms with van der Waals surface area (Å²) in [5, 5.41) is 9.54. The van der Waals surface area contributed by atoms with Crippen LogP contribution in [0.1, 0.15) is 5.56 Å². The van der Waals surface area contributed by atoms with Crippen LogP contribution >= 0.6 is 0 Å². The van der Waals surface area contributed by atoms with Crippen LogP contribution in [0, 0.1) is 0 Å². The minimum Gasteiger partial charge on any atom is -0.506 e. The third-order valence-electron chi connectivity index (χ3n) is 2.67. The molecule has 2 aromatic carbocycles. The molecule has 2 aromatic rings. The molecule has 1 amide bonds. The summed E-state index contributed by atoms with van der Waals surface area (Å²) in [6.45, 7) is 0.452. The molecule has 3 N–H and O–H groups in total. The SMILES string of the molecule is Nc1ccc(N(C=O)Cc2ccccc2)cc1O. The number of hydrogen-bond donors (Lipinski definition) is 2. The summed E-state index contributed by atoms with van der Waals surface area (Å²) < 4.78 is 0. The third-order valence-corrected chi connectivity index (χ3v) is 2.67. The second-order valence-electron chi connectivity index (χ2n) is 3.96. The molecule has 0 saturated heterocycles. The van der Waals surface area contributed by atoms with Gasteiger partial charge in [0.05, 0.1) is 12.2 Å². The van der Waals surface area contributed by atoms with Gasteiger partial charge in [-0.3, -0.25) is 4.79 Å². The van der Waals surface area contributed by atoms with E-state index in [-0.39, 0.29) is 5.75 Å². The van der Waals surface area contributed by atoms with Crippen molar-refractivity contribution in [2.45, 2.75) is 6.54 Å². The molecule has 0 aliphatic carbocycles. The molecule has 0 saturated carbocycles. The first-order valence-electron chi connectivity index (χ1n) is 5.55. The van der Waals surface area contributed by atoms with Gasteiger partial charge in [-0.25, -0.2) is 0 Å². The minimum absolute atomic E-state index is 0.0209. The highest BCUT2D eigenvalue weighted by atomic mass is 16.3. The fourth-order valence-corrected chi connectivity index (χ4v) is 1.68. The Morgan fingerprint density at radius 3 is 2.50 bits per heavy atom. The van der Waals surface area contributed by atoms with Crippen LogP contribution in [-0.2, 0) is 11.3 Å². The van der Waals surface area contributed by atoms with Gasteiger partial charge in [0.1, 0.15) is 5.75 Å². The van der Waals surface area contributed by atoms with E-state index in [0.717, 1.165) is 12.0 Å². The van der Waals surface area contributed by atoms with Gasteiger partial charge in [0, 0.05) is 11.8 Å². The summed E-state index contributed by atoms with van der Waals surface area (Å²) in [5.74, 6) is -0.0209. The lowest BCUT2D eigenvalue weighted by molar-refractivity contribution is -0.107. The lowest BCUT2D eigenvalue weighted by Gasteiger charge is -2.18. The first-order valence-corrected chi connectivity index (χ1v) is 5.55. The molecule has 18 heavy (non-hydrogen) atoms. The molecule has 4 nitrogen and oxygen atoms in total. The van der Waals surface area contributed by atoms with Gasteiger partial charge in [-0.15, -0.1) is 0 Å². The Bertz CT molecular complexity index is 541. The van der Waals surface area contributed by atoms with E-state index >= 15 is 0 Å². The number of nitrogens with zero attached hydrogens (tertiary/aromatic N) is 1. The van der Waals surface area contributed by atoms with Gasteiger partial charge in [0.15, 0.2) is 0 Å². The number of rotatable bonds is 4. The quantitative estimate of drug-likeness (QED) is 0.490. The van der Waals surface area contributed by atoms with Crippen LogP contribution in [0.5, 0.6) is 5.75 Å². The number of carbonyl (C=O) groups excluding carboxylic acids is 1. The Morgan fingerprint density at radius 2 is 1.89 bits per heavy atom. The molecule has 0 radical (unpaired) electrons. The van der Waals surface area contributed by atoms with E-state index in [0.29, 0.717) is 17.9 Å². The number of amides is 1. The van der Waals surface area contributed by atoms with Crippen LogP contribution < -0.4 is 10.6 Å². The van der Waals surface area contributed by atoms with Gasteiger partial charge >= 0.3 is 0 Å². The van der Waals surface area contributed by atoms with Crippen molar-refractivity contribution >= 4 is 17.8 Å². The molecule has 0 heterocycles. The van der Waals surface area contributed by atoms with E-state index in [1.807, 2.05) is 30.3 Å². The summed E-state index contributed by atoms with van der Waals surface area (Å²) in [4.78, 5) is 12.6. The van der Waals surface area contributed by atoms with Gasteiger partial charge in [0.2, 0.25) is 6.41 Å². The first kappa shape index (κ1) is 12.0. The lowest BCUT2D eigenvalue weighted by Crippen LogP contribution is -2.20. The maximum atomic E-state index is 11.1. The van der Waals surface area contributed by atoms with E-state index in [1.54, 1.807) is 12.1 Å². The van der Waals surface area contributed by atoms with Crippen LogP contribution in [0.3, 0.4) is 0 Å². The molecule has 2 rings (SSSR count). The maximum Gasteiger partial charge on any atom is 0.214 e. The normalized spacial score (nSPS) is 10.0. The Labute approximate surface area is 105 Å². The molecule has 0 fully saturated rings. The Morgan fingerprint density at radius 1 is 1.17 bits per heavy atom. The molecule has 0 spiro atoms. The van der Waals surface area contributed by atoms with E-state index < -0.39 is 0 Å². The van der Waals surface area contributed by atoms with E-state index in [1.165, 1.54) is 11.0 Å². The van der Waals surface area contributed by atoms with Crippen molar-refractivity contribution in [2.24, 2.45) is 0 Å². The van der Waals surface area contributed by atoms with Gasteiger partial charge in [-0.2, -0.15) is 0 Å². The van der Waals surface area contributed by atoms with Crippen molar-refractivity contribution < 1.29 is 9.90 Å². The number of hydrogen-bond acceptors (Lipinski definition) is 3. The molecule has 0 aliphatic rings. The van der Waals surface area contributed by atoms with E-state index in [2.05, 4.69) is 0 Å². The highest BCUT2D eigenvalue weighted by molar-refractivity contribution is 5.77. The number of aromatic hydroxyl groups is 1. The highest BCUT2D eigenvalue weighted by Crippen LogP contribution is 2.26. The average Bonchev–Trinajstić information content (AvgIpc) is 2.40. The summed E-state index contributed by atoms with van der Waals surface area (Å²) in [7, 11) is 0. The fourth-order valence-electron chi connectivity index (χ4n) is 1.68. The zero-order valence-electron chi connectivity index (χ0n) is 9.78. The molecular formula is C14H14N2O2. The second-order valence-corrected chi connectivity index (χ2v) is 3.96. The Balaban J connectivity index is 2.23. The topological polar surface area (TPSA) is 66.6 Å². The molecule has 4 heteroatoms. The minimum atomic E-state index is -0.0209. The Kier molecular flexibility index (Phi) is 3.48. The standard InChI is InChI=1S/C14H14N2O2/c15-13-7-6-12(8-14(13)18)16(10-17)9-11-4-2-1-3-5-11/h1-8,10,18H,9,15H2. The van der Waals surface area contributed by atoms with Gasteiger partial charge < -0.3 is 15.7 Å². The van der Waals surface area contributed by atoms with Crippen molar-refractivity contribution in [2.75, 3.05) is 10.6 Å². The molecule has 0 unspecified atom stereocenters. The summed E-state index contributed by atoms with van der Waals surface area (Å²) in [6.07, 6.45) is 0.734. The predicted molar refractivity (Wildman–Crippen MR) is 71.2 cm³/mol.